The number of hydrogen-bond acceptors (Lipinski definition) is 3. The lowest BCUT2D eigenvalue weighted by Crippen LogP contribution is -2.38. The number of allylic oxidation sites excluding steroid dienone is 4. The molecule has 2 heterocycles. The standard InChI is InChI=1S/C49H34F6N4/c1-29-17-20-38(30(2)23-29)33-18-21-41-40-15-9-10-16-43(40)59(44(41)26-33)37-19-22-39(34-24-35(48(50,51)52)27-36(25-34)49(53,54)55)42(28-37)47-57-45(31-11-5-3-6-12-31)56-46(58-47)32-13-7-4-8-14-32/h3-24,26-28H,25H2,1-2H3,(H,56,57,58). The molecule has 1 aliphatic carbocycles. The summed E-state index contributed by atoms with van der Waals surface area (Å²) in [5, 5.41) is 5.73. The first-order valence-electron chi connectivity index (χ1n) is 18.9. The topological polar surface area (TPSA) is 41.7 Å². The highest BCUT2D eigenvalue weighted by molar-refractivity contribution is 6.16. The summed E-state index contributed by atoms with van der Waals surface area (Å²) in [6.45, 7) is 4.12. The summed E-state index contributed by atoms with van der Waals surface area (Å²) in [4.78, 5) is 9.78. The second-order valence-electron chi connectivity index (χ2n) is 14.7. The molecule has 6 aromatic carbocycles. The van der Waals surface area contributed by atoms with Gasteiger partial charge in [-0.25, -0.2) is 9.98 Å². The van der Waals surface area contributed by atoms with Crippen LogP contribution in [-0.2, 0) is 0 Å². The molecule has 9 rings (SSSR count). The molecule has 1 aliphatic heterocycles. The van der Waals surface area contributed by atoms with E-state index in [2.05, 4.69) is 53.2 Å². The van der Waals surface area contributed by atoms with Gasteiger partial charge in [0.25, 0.3) is 0 Å². The summed E-state index contributed by atoms with van der Waals surface area (Å²) in [6, 6.07) is 44.1. The van der Waals surface area contributed by atoms with Crippen LogP contribution in [0.15, 0.2) is 173 Å². The summed E-state index contributed by atoms with van der Waals surface area (Å²) >= 11 is 0. The average Bonchev–Trinajstić information content (AvgIpc) is 3.57. The van der Waals surface area contributed by atoms with Gasteiger partial charge >= 0.3 is 12.4 Å². The summed E-state index contributed by atoms with van der Waals surface area (Å²) in [5.74, 6) is 0.946. The van der Waals surface area contributed by atoms with E-state index in [4.69, 9.17) is 9.98 Å². The van der Waals surface area contributed by atoms with Crippen LogP contribution in [-0.4, -0.2) is 28.6 Å². The van der Waals surface area contributed by atoms with Gasteiger partial charge in [0.05, 0.1) is 16.6 Å². The molecular weight excluding hydrogens is 759 g/mol. The molecule has 0 bridgehead atoms. The number of aromatic nitrogens is 1. The van der Waals surface area contributed by atoms with Gasteiger partial charge in [0.1, 0.15) is 11.7 Å². The van der Waals surface area contributed by atoms with E-state index in [9.17, 15) is 26.3 Å². The SMILES string of the molecule is Cc1ccc(-c2ccc3c4ccccc4n(-c4ccc(=C5C=C(C(F)(F)F)C=C(C(F)(F)F)C5)c(=C5N=C(c6ccccc6)N=C(c6ccccc6)N5)c4)c3c2)c(C)c1. The number of aryl methyl sites for hydroxylation is 2. The summed E-state index contributed by atoms with van der Waals surface area (Å²) in [7, 11) is 0. The number of para-hydroxylation sites is 1. The van der Waals surface area contributed by atoms with Crippen LogP contribution >= 0.6 is 0 Å². The van der Waals surface area contributed by atoms with E-state index < -0.39 is 29.9 Å². The Kier molecular flexibility index (Phi) is 9.22. The minimum atomic E-state index is -5.03. The van der Waals surface area contributed by atoms with Crippen molar-refractivity contribution in [3.63, 3.8) is 0 Å². The molecular formula is C49H34F6N4. The van der Waals surface area contributed by atoms with Crippen LogP contribution in [0.2, 0.25) is 0 Å². The van der Waals surface area contributed by atoms with Crippen LogP contribution in [0.5, 0.6) is 0 Å². The van der Waals surface area contributed by atoms with Gasteiger partial charge < -0.3 is 9.88 Å². The largest absolute Gasteiger partial charge is 0.416 e. The van der Waals surface area contributed by atoms with Crippen molar-refractivity contribution in [1.82, 2.24) is 9.88 Å². The Morgan fingerprint density at radius 1 is 0.576 bits per heavy atom. The molecule has 0 atom stereocenters. The number of alkyl halides is 6. The van der Waals surface area contributed by atoms with Crippen molar-refractivity contribution in [1.29, 1.82) is 0 Å². The Hall–Kier alpha value is -6.94. The first-order valence-corrected chi connectivity index (χ1v) is 18.9. The number of benzene rings is 6. The number of halogens is 6. The van der Waals surface area contributed by atoms with Gasteiger partial charge in [-0.05, 0) is 77.7 Å². The molecule has 59 heavy (non-hydrogen) atoms. The summed E-state index contributed by atoms with van der Waals surface area (Å²) < 4.78 is 88.0. The molecule has 292 valence electrons. The molecule has 0 radical (unpaired) electrons. The maximum Gasteiger partial charge on any atom is 0.416 e. The number of fused-ring (bicyclic) bond motifs is 3. The van der Waals surface area contributed by atoms with Crippen LogP contribution in [0.1, 0.15) is 28.7 Å². The van der Waals surface area contributed by atoms with E-state index in [-0.39, 0.29) is 22.7 Å². The van der Waals surface area contributed by atoms with Gasteiger partial charge in [-0.2, -0.15) is 26.3 Å². The zero-order valence-electron chi connectivity index (χ0n) is 31.8. The predicted molar refractivity (Wildman–Crippen MR) is 224 cm³/mol. The number of aliphatic imine (C=N–C) groups is 2. The van der Waals surface area contributed by atoms with Crippen LogP contribution in [0.25, 0.3) is 50.0 Å². The zero-order chi connectivity index (χ0) is 41.1. The number of amidine groups is 2. The Labute approximate surface area is 335 Å². The fourth-order valence-electron chi connectivity index (χ4n) is 7.93. The molecule has 1 aromatic heterocycles. The molecule has 0 saturated carbocycles. The minimum absolute atomic E-state index is 0.150. The zero-order valence-corrected chi connectivity index (χ0v) is 31.8. The normalized spacial score (nSPS) is 16.7. The minimum Gasteiger partial charge on any atom is -0.324 e. The maximum absolute atomic E-state index is 14.3. The monoisotopic (exact) mass is 792 g/mol. The fraction of sp³-hybridized carbons (Fsp3) is 0.102. The molecule has 4 nitrogen and oxygen atoms in total. The van der Waals surface area contributed by atoms with Crippen molar-refractivity contribution in [3.05, 3.63) is 196 Å². The lowest BCUT2D eigenvalue weighted by atomic mass is 9.92. The lowest BCUT2D eigenvalue weighted by Gasteiger charge is -2.21. The molecule has 0 saturated heterocycles. The Morgan fingerprint density at radius 2 is 1.27 bits per heavy atom. The second kappa shape index (κ2) is 14.5. The molecule has 0 amide bonds. The molecule has 2 aliphatic rings. The predicted octanol–water partition coefficient (Wildman–Crippen LogP) is 11.2. The number of rotatable bonds is 4. The lowest BCUT2D eigenvalue weighted by molar-refractivity contribution is -0.0970. The quantitative estimate of drug-likeness (QED) is 0.177. The summed E-state index contributed by atoms with van der Waals surface area (Å²) in [6.07, 6.45) is -9.79. The maximum atomic E-state index is 14.3. The van der Waals surface area contributed by atoms with Crippen molar-refractivity contribution in [2.24, 2.45) is 9.98 Å². The molecule has 0 spiro atoms. The van der Waals surface area contributed by atoms with E-state index >= 15 is 0 Å². The average molecular weight is 793 g/mol. The van der Waals surface area contributed by atoms with E-state index in [1.165, 1.54) is 0 Å². The van der Waals surface area contributed by atoms with Crippen molar-refractivity contribution < 1.29 is 26.3 Å². The van der Waals surface area contributed by atoms with E-state index in [1.54, 1.807) is 18.2 Å². The van der Waals surface area contributed by atoms with Gasteiger partial charge in [0, 0.05) is 44.8 Å². The molecule has 7 aromatic rings. The first-order chi connectivity index (χ1) is 28.3. The van der Waals surface area contributed by atoms with E-state index in [0.717, 1.165) is 50.1 Å². The highest BCUT2D eigenvalue weighted by Crippen LogP contribution is 2.40. The van der Waals surface area contributed by atoms with Crippen LogP contribution < -0.4 is 15.8 Å². The van der Waals surface area contributed by atoms with Crippen molar-refractivity contribution in [3.8, 4) is 16.8 Å². The fourth-order valence-corrected chi connectivity index (χ4v) is 7.93. The van der Waals surface area contributed by atoms with Crippen molar-refractivity contribution in [2.75, 3.05) is 0 Å². The molecule has 10 heteroatoms. The van der Waals surface area contributed by atoms with Gasteiger partial charge in [0.2, 0.25) is 0 Å². The molecule has 0 unspecified atom stereocenters. The third-order valence-electron chi connectivity index (χ3n) is 10.7. The highest BCUT2D eigenvalue weighted by atomic mass is 19.4. The Bertz CT molecular complexity index is 3080. The van der Waals surface area contributed by atoms with Crippen molar-refractivity contribution in [2.45, 2.75) is 32.6 Å². The number of nitrogens with zero attached hydrogens (tertiary/aromatic N) is 3. The number of hydrogen-bond donors (Lipinski definition) is 1. The van der Waals surface area contributed by atoms with Crippen LogP contribution in [0.3, 0.4) is 0 Å². The van der Waals surface area contributed by atoms with Gasteiger partial charge in [-0.3, -0.25) is 0 Å². The van der Waals surface area contributed by atoms with E-state index in [0.29, 0.717) is 33.7 Å². The van der Waals surface area contributed by atoms with Gasteiger partial charge in [-0.1, -0.05) is 121 Å². The van der Waals surface area contributed by atoms with Crippen LogP contribution in [0.4, 0.5) is 26.3 Å². The van der Waals surface area contributed by atoms with Gasteiger partial charge in [-0.15, -0.1) is 0 Å². The van der Waals surface area contributed by atoms with Gasteiger partial charge in [0.15, 0.2) is 5.84 Å². The van der Waals surface area contributed by atoms with Crippen molar-refractivity contribution >= 4 is 44.9 Å². The number of nitrogens with one attached hydrogen (secondary N) is 1. The van der Waals surface area contributed by atoms with E-state index in [1.807, 2.05) is 91.9 Å². The molecule has 0 fully saturated rings. The first kappa shape index (κ1) is 37.6. The smallest absolute Gasteiger partial charge is 0.324 e. The molecule has 1 N–H and O–H groups in total. The van der Waals surface area contributed by atoms with Crippen LogP contribution in [0, 0.1) is 13.8 Å². The Balaban J connectivity index is 1.38. The second-order valence-corrected chi connectivity index (χ2v) is 14.7. The highest BCUT2D eigenvalue weighted by Gasteiger charge is 2.41. The summed E-state index contributed by atoms with van der Waals surface area (Å²) in [5.41, 5.74) is 5.24. The Morgan fingerprint density at radius 3 is 1.98 bits per heavy atom. The third-order valence-corrected chi connectivity index (χ3v) is 10.7. The third kappa shape index (κ3) is 7.15.